The fourth-order valence-corrected chi connectivity index (χ4v) is 3.03. The minimum atomic E-state index is 0.195. The molecule has 110 valence electrons. The molecule has 2 rings (SSSR count). The Hall–Kier alpha value is -1.64. The van der Waals surface area contributed by atoms with Crippen LogP contribution in [0, 0.1) is 0 Å². The van der Waals surface area contributed by atoms with Crippen molar-refractivity contribution >= 4 is 0 Å². The van der Waals surface area contributed by atoms with Gasteiger partial charge in [-0.3, -0.25) is 4.57 Å². The molecule has 1 aliphatic carbocycles. The Morgan fingerprint density at radius 2 is 2.10 bits per heavy atom. The molecule has 1 aromatic heterocycles. The normalized spacial score (nSPS) is 17.1. The highest BCUT2D eigenvalue weighted by molar-refractivity contribution is 5.52. The van der Waals surface area contributed by atoms with Crippen LogP contribution in [0.15, 0.2) is 24.8 Å². The highest BCUT2D eigenvalue weighted by atomic mass is 16.3. The van der Waals surface area contributed by atoms with Crippen molar-refractivity contribution in [1.29, 1.82) is 0 Å². The van der Waals surface area contributed by atoms with Gasteiger partial charge in [-0.25, -0.2) is 0 Å². The monoisotopic (exact) mass is 275 g/mol. The average Bonchev–Trinajstić information content (AvgIpc) is 2.70. The van der Waals surface area contributed by atoms with Gasteiger partial charge in [0, 0.05) is 23.6 Å². The quantitative estimate of drug-likeness (QED) is 0.577. The van der Waals surface area contributed by atoms with Crippen LogP contribution in [0.1, 0.15) is 56.1 Å². The van der Waals surface area contributed by atoms with Crippen LogP contribution >= 0.6 is 0 Å². The molecule has 0 bridgehead atoms. The lowest BCUT2D eigenvalue weighted by atomic mass is 9.86. The van der Waals surface area contributed by atoms with E-state index in [0.29, 0.717) is 13.0 Å². The lowest BCUT2D eigenvalue weighted by Gasteiger charge is -2.17. The molecule has 0 amide bonds. The average molecular weight is 275 g/mol. The molecule has 0 aliphatic heterocycles. The number of aromatic nitrogens is 1. The van der Waals surface area contributed by atoms with Crippen LogP contribution in [0.2, 0.25) is 0 Å². The molecular weight excluding hydrogens is 250 g/mol. The van der Waals surface area contributed by atoms with Crippen LogP contribution in [0.3, 0.4) is 0 Å². The van der Waals surface area contributed by atoms with Crippen LogP contribution in [-0.4, -0.2) is 14.8 Å². The van der Waals surface area contributed by atoms with Gasteiger partial charge in [0.15, 0.2) is 11.8 Å². The minimum Gasteiger partial charge on any atom is -0.494 e. The fraction of sp³-hybridized carbons (Fsp3) is 0.529. The van der Waals surface area contributed by atoms with Gasteiger partial charge >= 0.3 is 0 Å². The lowest BCUT2D eigenvalue weighted by Crippen LogP contribution is -2.03. The predicted octanol–water partition coefficient (Wildman–Crippen LogP) is 4.25. The smallest absolute Gasteiger partial charge is 0.198 e. The van der Waals surface area contributed by atoms with Gasteiger partial charge in [-0.05, 0) is 12.8 Å². The minimum absolute atomic E-state index is 0.195. The van der Waals surface area contributed by atoms with Crippen molar-refractivity contribution < 1.29 is 10.2 Å². The van der Waals surface area contributed by atoms with Crippen molar-refractivity contribution in [2.45, 2.75) is 57.9 Å². The molecule has 0 spiro atoms. The van der Waals surface area contributed by atoms with Crippen molar-refractivity contribution in [3.05, 3.63) is 35.9 Å². The van der Waals surface area contributed by atoms with Crippen LogP contribution < -0.4 is 0 Å². The van der Waals surface area contributed by atoms with Crippen LogP contribution in [-0.2, 0) is 13.0 Å². The molecule has 20 heavy (non-hydrogen) atoms. The molecule has 1 atom stereocenters. The van der Waals surface area contributed by atoms with E-state index in [1.54, 1.807) is 10.6 Å². The van der Waals surface area contributed by atoms with Gasteiger partial charge in [0.2, 0.25) is 0 Å². The van der Waals surface area contributed by atoms with Crippen LogP contribution in [0.4, 0.5) is 0 Å². The summed E-state index contributed by atoms with van der Waals surface area (Å²) in [6.07, 6.45) is 12.6. The topological polar surface area (TPSA) is 45.4 Å². The number of hydrogen-bond acceptors (Lipinski definition) is 2. The van der Waals surface area contributed by atoms with E-state index in [4.69, 9.17) is 0 Å². The molecule has 0 saturated heterocycles. The van der Waals surface area contributed by atoms with E-state index >= 15 is 0 Å². The molecule has 0 radical (unpaired) electrons. The summed E-state index contributed by atoms with van der Waals surface area (Å²) in [7, 11) is 0. The Kier molecular flexibility index (Phi) is 4.94. The largest absolute Gasteiger partial charge is 0.494 e. The van der Waals surface area contributed by atoms with Crippen molar-refractivity contribution in [2.75, 3.05) is 0 Å². The van der Waals surface area contributed by atoms with E-state index in [2.05, 4.69) is 25.7 Å². The van der Waals surface area contributed by atoms with E-state index < -0.39 is 0 Å². The van der Waals surface area contributed by atoms with Gasteiger partial charge < -0.3 is 10.2 Å². The Morgan fingerprint density at radius 3 is 2.80 bits per heavy atom. The Bertz CT molecular complexity index is 500. The van der Waals surface area contributed by atoms with E-state index in [-0.39, 0.29) is 17.7 Å². The second-order valence-corrected chi connectivity index (χ2v) is 5.53. The third kappa shape index (κ3) is 2.77. The number of hydrogen-bond donors (Lipinski definition) is 2. The third-order valence-electron chi connectivity index (χ3n) is 4.09. The second kappa shape index (κ2) is 6.69. The van der Waals surface area contributed by atoms with Gasteiger partial charge in [0.05, 0.1) is 0 Å². The third-order valence-corrected chi connectivity index (χ3v) is 4.09. The second-order valence-electron chi connectivity index (χ2n) is 5.53. The first-order chi connectivity index (χ1) is 9.70. The highest BCUT2D eigenvalue weighted by Gasteiger charge is 2.27. The molecule has 1 unspecified atom stereocenters. The zero-order valence-electron chi connectivity index (χ0n) is 12.3. The molecule has 0 aromatic carbocycles. The molecule has 3 heteroatoms. The van der Waals surface area contributed by atoms with Gasteiger partial charge in [-0.1, -0.05) is 50.8 Å². The summed E-state index contributed by atoms with van der Waals surface area (Å²) < 4.78 is 1.55. The fourth-order valence-electron chi connectivity index (χ4n) is 3.03. The maximum Gasteiger partial charge on any atom is 0.198 e. The van der Waals surface area contributed by atoms with Gasteiger partial charge in [0.25, 0.3) is 0 Å². The van der Waals surface area contributed by atoms with Crippen molar-refractivity contribution in [3.63, 3.8) is 0 Å². The van der Waals surface area contributed by atoms with E-state index in [1.807, 2.05) is 0 Å². The molecule has 1 aliphatic rings. The summed E-state index contributed by atoms with van der Waals surface area (Å²) in [6.45, 7) is 6.32. The SMILES string of the molecule is C=CCn1c(O)c2c(c1O)C(CCCCCC)C=CC2. The number of allylic oxidation sites excluding steroid dienone is 3. The summed E-state index contributed by atoms with van der Waals surface area (Å²) in [5, 5.41) is 20.6. The van der Waals surface area contributed by atoms with E-state index in [0.717, 1.165) is 24.0 Å². The molecule has 2 N–H and O–H groups in total. The molecule has 0 saturated carbocycles. The Labute approximate surface area is 121 Å². The van der Waals surface area contributed by atoms with Crippen molar-refractivity contribution in [1.82, 2.24) is 4.57 Å². The van der Waals surface area contributed by atoms with Crippen molar-refractivity contribution in [2.24, 2.45) is 0 Å². The number of rotatable bonds is 7. The lowest BCUT2D eigenvalue weighted by molar-refractivity contribution is 0.375. The standard InChI is InChI=1S/C17H25NO2/c1-3-5-6-7-9-13-10-8-11-14-15(13)17(20)18(12-4-2)16(14)19/h4,8,10,13,19-20H,2-3,5-7,9,11-12H2,1H3. The molecule has 1 aromatic rings. The van der Waals surface area contributed by atoms with E-state index in [1.165, 1.54) is 19.3 Å². The van der Waals surface area contributed by atoms with Crippen LogP contribution in [0.25, 0.3) is 0 Å². The Balaban J connectivity index is 2.19. The molecular formula is C17H25NO2. The van der Waals surface area contributed by atoms with Gasteiger partial charge in [0.1, 0.15) is 0 Å². The maximum atomic E-state index is 10.4. The summed E-state index contributed by atoms with van der Waals surface area (Å²) in [4.78, 5) is 0. The molecule has 1 heterocycles. The van der Waals surface area contributed by atoms with E-state index in [9.17, 15) is 10.2 Å². The zero-order chi connectivity index (χ0) is 14.5. The predicted molar refractivity (Wildman–Crippen MR) is 82.3 cm³/mol. The number of unbranched alkanes of at least 4 members (excludes halogenated alkanes) is 3. The summed E-state index contributed by atoms with van der Waals surface area (Å²) >= 11 is 0. The van der Waals surface area contributed by atoms with Crippen LogP contribution in [0.5, 0.6) is 11.8 Å². The summed E-state index contributed by atoms with van der Waals surface area (Å²) in [5.41, 5.74) is 1.80. The first-order valence-corrected chi connectivity index (χ1v) is 7.61. The first-order valence-electron chi connectivity index (χ1n) is 7.61. The first kappa shape index (κ1) is 14.8. The summed E-state index contributed by atoms with van der Waals surface area (Å²) in [6, 6.07) is 0. The van der Waals surface area contributed by atoms with Gasteiger partial charge in [-0.15, -0.1) is 6.58 Å². The molecule has 3 nitrogen and oxygen atoms in total. The zero-order valence-corrected chi connectivity index (χ0v) is 12.3. The summed E-state index contributed by atoms with van der Waals surface area (Å²) in [5.74, 6) is 0.634. The number of fused-ring (bicyclic) bond motifs is 1. The van der Waals surface area contributed by atoms with Gasteiger partial charge in [-0.2, -0.15) is 0 Å². The van der Waals surface area contributed by atoms with Crippen molar-refractivity contribution in [3.8, 4) is 11.8 Å². The number of nitrogens with zero attached hydrogens (tertiary/aromatic N) is 1. The Morgan fingerprint density at radius 1 is 1.30 bits per heavy atom. The number of aromatic hydroxyl groups is 2. The maximum absolute atomic E-state index is 10.4. The molecule has 0 fully saturated rings. The highest BCUT2D eigenvalue weighted by Crippen LogP contribution is 2.43.